The van der Waals surface area contributed by atoms with E-state index in [-0.39, 0.29) is 17.0 Å². The van der Waals surface area contributed by atoms with Crippen molar-refractivity contribution < 1.29 is 22.4 Å². The first kappa shape index (κ1) is 29.8. The van der Waals surface area contributed by atoms with Gasteiger partial charge in [-0.1, -0.05) is 61.9 Å². The third-order valence-electron chi connectivity index (χ3n) is 6.75. The van der Waals surface area contributed by atoms with Crippen LogP contribution in [-0.4, -0.2) is 44.3 Å². The molecule has 1 N–H and O–H groups in total. The Kier molecular flexibility index (Phi) is 10.2. The fourth-order valence-electron chi connectivity index (χ4n) is 4.17. The number of sulfonamides is 1. The van der Waals surface area contributed by atoms with Gasteiger partial charge in [0.2, 0.25) is 11.8 Å². The molecule has 208 valence electrons. The van der Waals surface area contributed by atoms with Crippen LogP contribution >= 0.6 is 0 Å². The molecule has 9 heteroatoms. The SMILES string of the molecule is CCCCNC(=O)C(C)N(Cc1ccccc1F)C(=O)CN(c1cccc(C)c1C)S(=O)(=O)c1ccccc1. The van der Waals surface area contributed by atoms with E-state index in [1.54, 1.807) is 62.4 Å². The van der Waals surface area contributed by atoms with Gasteiger partial charge in [-0.15, -0.1) is 0 Å². The minimum atomic E-state index is -4.16. The molecule has 0 fully saturated rings. The van der Waals surface area contributed by atoms with Gasteiger partial charge in [-0.05, 0) is 62.6 Å². The van der Waals surface area contributed by atoms with Gasteiger partial charge in [-0.25, -0.2) is 12.8 Å². The number of aryl methyl sites for hydroxylation is 1. The van der Waals surface area contributed by atoms with E-state index >= 15 is 0 Å². The van der Waals surface area contributed by atoms with E-state index in [2.05, 4.69) is 5.32 Å². The van der Waals surface area contributed by atoms with Crippen LogP contribution in [0.2, 0.25) is 0 Å². The van der Waals surface area contributed by atoms with Crippen molar-refractivity contribution in [1.29, 1.82) is 0 Å². The molecule has 0 heterocycles. The molecule has 0 saturated carbocycles. The zero-order valence-electron chi connectivity index (χ0n) is 22.9. The lowest BCUT2D eigenvalue weighted by molar-refractivity contribution is -0.139. The van der Waals surface area contributed by atoms with Crippen LogP contribution in [0, 0.1) is 19.7 Å². The van der Waals surface area contributed by atoms with Crippen molar-refractivity contribution >= 4 is 27.5 Å². The summed E-state index contributed by atoms with van der Waals surface area (Å²) in [5, 5.41) is 2.82. The molecule has 1 unspecified atom stereocenters. The Balaban J connectivity index is 2.04. The molecule has 1 atom stereocenters. The third kappa shape index (κ3) is 7.23. The smallest absolute Gasteiger partial charge is 0.264 e. The Morgan fingerprint density at radius 3 is 2.28 bits per heavy atom. The van der Waals surface area contributed by atoms with Crippen LogP contribution in [0.5, 0.6) is 0 Å². The van der Waals surface area contributed by atoms with E-state index in [0.29, 0.717) is 17.8 Å². The highest BCUT2D eigenvalue weighted by atomic mass is 32.2. The number of carbonyl (C=O) groups excluding carboxylic acids is 2. The van der Waals surface area contributed by atoms with Crippen molar-refractivity contribution in [3.8, 4) is 0 Å². The molecule has 2 amide bonds. The summed E-state index contributed by atoms with van der Waals surface area (Å²) in [5.41, 5.74) is 2.15. The molecule has 0 bridgehead atoms. The summed E-state index contributed by atoms with van der Waals surface area (Å²) in [6.07, 6.45) is 1.66. The largest absolute Gasteiger partial charge is 0.354 e. The maximum absolute atomic E-state index is 14.6. The standard InChI is InChI=1S/C30H36FN3O4S/c1-5-6-19-32-30(36)24(4)33(20-25-14-10-11-17-27(25)31)29(35)21-34(28-18-12-13-22(2)23(28)3)39(37,38)26-15-8-7-9-16-26/h7-18,24H,5-6,19-21H2,1-4H3,(H,32,36). The molecule has 3 aromatic rings. The van der Waals surface area contributed by atoms with Crippen molar-refractivity contribution in [2.45, 2.75) is 58.0 Å². The summed E-state index contributed by atoms with van der Waals surface area (Å²) < 4.78 is 43.4. The normalized spacial score (nSPS) is 12.0. The highest BCUT2D eigenvalue weighted by Gasteiger charge is 2.33. The molecule has 39 heavy (non-hydrogen) atoms. The summed E-state index contributed by atoms with van der Waals surface area (Å²) in [6, 6.07) is 18.2. The maximum atomic E-state index is 14.6. The number of benzene rings is 3. The van der Waals surface area contributed by atoms with Crippen molar-refractivity contribution in [1.82, 2.24) is 10.2 Å². The average molecular weight is 554 g/mol. The summed E-state index contributed by atoms with van der Waals surface area (Å²) >= 11 is 0. The van der Waals surface area contributed by atoms with Crippen LogP contribution in [0.1, 0.15) is 43.4 Å². The molecule has 0 aliphatic rings. The Morgan fingerprint density at radius 2 is 1.62 bits per heavy atom. The first-order valence-electron chi connectivity index (χ1n) is 13.0. The van der Waals surface area contributed by atoms with Crippen LogP contribution in [0.3, 0.4) is 0 Å². The minimum absolute atomic E-state index is 0.0321. The number of rotatable bonds is 12. The van der Waals surface area contributed by atoms with Crippen molar-refractivity contribution in [2.24, 2.45) is 0 Å². The average Bonchev–Trinajstić information content (AvgIpc) is 2.93. The molecule has 7 nitrogen and oxygen atoms in total. The van der Waals surface area contributed by atoms with E-state index in [0.717, 1.165) is 22.7 Å². The second kappa shape index (κ2) is 13.4. The van der Waals surface area contributed by atoms with Gasteiger partial charge in [0.1, 0.15) is 18.4 Å². The fraction of sp³-hybridized carbons (Fsp3) is 0.333. The first-order chi connectivity index (χ1) is 18.6. The second-order valence-electron chi connectivity index (χ2n) is 9.48. The maximum Gasteiger partial charge on any atom is 0.264 e. The van der Waals surface area contributed by atoms with Crippen LogP contribution in [0.15, 0.2) is 77.7 Å². The van der Waals surface area contributed by atoms with E-state index in [1.165, 1.54) is 23.1 Å². The van der Waals surface area contributed by atoms with Gasteiger partial charge in [-0.2, -0.15) is 0 Å². The van der Waals surface area contributed by atoms with Crippen LogP contribution in [0.25, 0.3) is 0 Å². The zero-order chi connectivity index (χ0) is 28.6. The predicted octanol–water partition coefficient (Wildman–Crippen LogP) is 4.97. The number of unbranched alkanes of at least 4 members (excludes halogenated alkanes) is 1. The number of halogens is 1. The summed E-state index contributed by atoms with van der Waals surface area (Å²) in [5.74, 6) is -1.54. The second-order valence-corrected chi connectivity index (χ2v) is 11.3. The Morgan fingerprint density at radius 1 is 0.949 bits per heavy atom. The van der Waals surface area contributed by atoms with Crippen molar-refractivity contribution in [2.75, 3.05) is 17.4 Å². The summed E-state index contributed by atoms with van der Waals surface area (Å²) in [4.78, 5) is 28.2. The van der Waals surface area contributed by atoms with Crippen molar-refractivity contribution in [3.63, 3.8) is 0 Å². The summed E-state index contributed by atoms with van der Waals surface area (Å²) in [6.45, 7) is 6.90. The third-order valence-corrected chi connectivity index (χ3v) is 8.52. The zero-order valence-corrected chi connectivity index (χ0v) is 23.7. The number of hydrogen-bond donors (Lipinski definition) is 1. The van der Waals surface area contributed by atoms with Crippen molar-refractivity contribution in [3.05, 3.63) is 95.3 Å². The molecule has 0 spiro atoms. The lowest BCUT2D eigenvalue weighted by atomic mass is 10.1. The topological polar surface area (TPSA) is 86.8 Å². The molecule has 0 aliphatic carbocycles. The van der Waals surface area contributed by atoms with E-state index in [4.69, 9.17) is 0 Å². The number of amides is 2. The van der Waals surface area contributed by atoms with E-state index in [1.807, 2.05) is 19.9 Å². The molecule has 0 aromatic heterocycles. The van der Waals surface area contributed by atoms with Gasteiger partial charge in [0.25, 0.3) is 10.0 Å². The lowest BCUT2D eigenvalue weighted by Crippen LogP contribution is -2.51. The number of nitrogens with zero attached hydrogens (tertiary/aromatic N) is 2. The number of hydrogen-bond acceptors (Lipinski definition) is 4. The van der Waals surface area contributed by atoms with E-state index < -0.39 is 40.2 Å². The number of nitrogens with one attached hydrogen (secondary N) is 1. The van der Waals surface area contributed by atoms with Gasteiger partial charge in [-0.3, -0.25) is 13.9 Å². The highest BCUT2D eigenvalue weighted by Crippen LogP contribution is 2.29. The molecule has 0 radical (unpaired) electrons. The van der Waals surface area contributed by atoms with Gasteiger partial charge < -0.3 is 10.2 Å². The molecule has 0 aliphatic heterocycles. The molecule has 3 aromatic carbocycles. The van der Waals surface area contributed by atoms with Gasteiger partial charge in [0.15, 0.2) is 0 Å². The van der Waals surface area contributed by atoms with Crippen LogP contribution in [-0.2, 0) is 26.2 Å². The Bertz CT molecular complexity index is 1400. The fourth-order valence-corrected chi connectivity index (χ4v) is 5.66. The molecular weight excluding hydrogens is 517 g/mol. The molecule has 0 saturated heterocycles. The minimum Gasteiger partial charge on any atom is -0.354 e. The Hall–Kier alpha value is -3.72. The van der Waals surface area contributed by atoms with Gasteiger partial charge in [0.05, 0.1) is 10.6 Å². The monoisotopic (exact) mass is 553 g/mol. The van der Waals surface area contributed by atoms with Crippen LogP contribution < -0.4 is 9.62 Å². The van der Waals surface area contributed by atoms with Gasteiger partial charge >= 0.3 is 0 Å². The predicted molar refractivity (Wildman–Crippen MR) is 151 cm³/mol. The van der Waals surface area contributed by atoms with Gasteiger partial charge in [0, 0.05) is 18.7 Å². The molecular formula is C30H36FN3O4S. The number of anilines is 1. The quantitative estimate of drug-likeness (QED) is 0.321. The first-order valence-corrected chi connectivity index (χ1v) is 14.5. The molecule has 3 rings (SSSR count). The van der Waals surface area contributed by atoms with Crippen LogP contribution in [0.4, 0.5) is 10.1 Å². The Labute approximate surface area is 230 Å². The van der Waals surface area contributed by atoms with E-state index in [9.17, 15) is 22.4 Å². The number of carbonyl (C=O) groups is 2. The summed E-state index contributed by atoms with van der Waals surface area (Å²) in [7, 11) is -4.16. The highest BCUT2D eigenvalue weighted by molar-refractivity contribution is 7.92. The lowest BCUT2D eigenvalue weighted by Gasteiger charge is -2.32.